The van der Waals surface area contributed by atoms with Gasteiger partial charge in [-0.3, -0.25) is 0 Å². The van der Waals surface area contributed by atoms with Crippen molar-refractivity contribution in [3.63, 3.8) is 0 Å². The highest BCUT2D eigenvalue weighted by atomic mass is 16.3. The number of aliphatic hydroxyl groups excluding tert-OH is 1. The summed E-state index contributed by atoms with van der Waals surface area (Å²) in [4.78, 5) is 0. The third-order valence-corrected chi connectivity index (χ3v) is 4.19. The second-order valence-corrected chi connectivity index (χ2v) is 6.86. The lowest BCUT2D eigenvalue weighted by Crippen LogP contribution is -2.58. The summed E-state index contributed by atoms with van der Waals surface area (Å²) in [6, 6.07) is 0. The van der Waals surface area contributed by atoms with Crippen molar-refractivity contribution >= 4 is 0 Å². The molecule has 0 radical (unpaired) electrons. The highest BCUT2D eigenvalue weighted by Gasteiger charge is 2.42. The Balaban J connectivity index is 2.66. The Hall–Kier alpha value is -0.0800. The van der Waals surface area contributed by atoms with Gasteiger partial charge in [0.15, 0.2) is 0 Å². The van der Waals surface area contributed by atoms with Crippen LogP contribution in [0, 0.1) is 17.3 Å². The van der Waals surface area contributed by atoms with Gasteiger partial charge in [-0.15, -0.1) is 0 Å². The van der Waals surface area contributed by atoms with Gasteiger partial charge in [0.25, 0.3) is 0 Å². The van der Waals surface area contributed by atoms with Gasteiger partial charge in [0.05, 0.1) is 6.61 Å². The number of nitrogens with one attached hydrogen (secondary N) is 1. The van der Waals surface area contributed by atoms with Gasteiger partial charge in [-0.05, 0) is 43.1 Å². The average molecular weight is 227 g/mol. The van der Waals surface area contributed by atoms with Gasteiger partial charge in [0.1, 0.15) is 0 Å². The molecule has 0 spiro atoms. The van der Waals surface area contributed by atoms with Crippen LogP contribution in [0.25, 0.3) is 0 Å². The third kappa shape index (κ3) is 3.21. The first-order chi connectivity index (χ1) is 7.31. The molecule has 96 valence electrons. The van der Waals surface area contributed by atoms with E-state index >= 15 is 0 Å². The molecule has 1 aliphatic rings. The van der Waals surface area contributed by atoms with Crippen molar-refractivity contribution in [1.82, 2.24) is 5.32 Å². The second kappa shape index (κ2) is 5.05. The van der Waals surface area contributed by atoms with Gasteiger partial charge in [0, 0.05) is 5.54 Å². The fourth-order valence-corrected chi connectivity index (χ4v) is 2.89. The zero-order valence-corrected chi connectivity index (χ0v) is 11.6. The van der Waals surface area contributed by atoms with Crippen molar-refractivity contribution in [2.24, 2.45) is 17.3 Å². The molecule has 0 aromatic carbocycles. The Bertz CT molecular complexity index is 221. The molecule has 0 aromatic heterocycles. The highest BCUT2D eigenvalue weighted by molar-refractivity contribution is 4.99. The van der Waals surface area contributed by atoms with Gasteiger partial charge >= 0.3 is 0 Å². The minimum absolute atomic E-state index is 0.0280. The Morgan fingerprint density at radius 3 is 2.38 bits per heavy atom. The third-order valence-electron chi connectivity index (χ3n) is 4.19. The summed E-state index contributed by atoms with van der Waals surface area (Å²) in [6.07, 6.45) is 3.52. The van der Waals surface area contributed by atoms with Crippen LogP contribution in [-0.2, 0) is 0 Å². The van der Waals surface area contributed by atoms with E-state index in [0.29, 0.717) is 17.3 Å². The summed E-state index contributed by atoms with van der Waals surface area (Å²) in [5, 5.41) is 13.4. The molecule has 2 nitrogen and oxygen atoms in total. The van der Waals surface area contributed by atoms with E-state index in [1.165, 1.54) is 12.8 Å². The van der Waals surface area contributed by atoms with E-state index in [1.807, 2.05) is 0 Å². The Morgan fingerprint density at radius 1 is 1.31 bits per heavy atom. The zero-order valence-electron chi connectivity index (χ0n) is 11.6. The maximum Gasteiger partial charge on any atom is 0.0615 e. The van der Waals surface area contributed by atoms with E-state index in [1.54, 1.807) is 0 Å². The van der Waals surface area contributed by atoms with E-state index in [0.717, 1.165) is 13.0 Å². The number of hydrogen-bond acceptors (Lipinski definition) is 2. The molecule has 0 aromatic rings. The lowest BCUT2D eigenvalue weighted by atomic mass is 9.64. The number of aliphatic hydroxyl groups is 1. The normalized spacial score (nSPS) is 34.3. The molecule has 0 amide bonds. The molecule has 1 aliphatic carbocycles. The van der Waals surface area contributed by atoms with E-state index in [-0.39, 0.29) is 12.1 Å². The van der Waals surface area contributed by atoms with E-state index in [4.69, 9.17) is 0 Å². The summed E-state index contributed by atoms with van der Waals surface area (Å²) in [5.74, 6) is 1.20. The minimum Gasteiger partial charge on any atom is -0.394 e. The van der Waals surface area contributed by atoms with Crippen LogP contribution in [0.2, 0.25) is 0 Å². The van der Waals surface area contributed by atoms with Crippen molar-refractivity contribution in [2.75, 3.05) is 13.2 Å². The van der Waals surface area contributed by atoms with Crippen LogP contribution in [0.5, 0.6) is 0 Å². The van der Waals surface area contributed by atoms with Crippen LogP contribution in [0.3, 0.4) is 0 Å². The molecule has 16 heavy (non-hydrogen) atoms. The lowest BCUT2D eigenvalue weighted by Gasteiger charge is -2.48. The molecule has 0 bridgehead atoms. The maximum atomic E-state index is 9.73. The molecule has 1 fully saturated rings. The Labute approximate surface area is 101 Å². The van der Waals surface area contributed by atoms with Crippen molar-refractivity contribution in [3.05, 3.63) is 0 Å². The smallest absolute Gasteiger partial charge is 0.0615 e. The largest absolute Gasteiger partial charge is 0.394 e. The first-order valence-electron chi connectivity index (χ1n) is 6.67. The number of hydrogen-bond donors (Lipinski definition) is 2. The van der Waals surface area contributed by atoms with Gasteiger partial charge < -0.3 is 10.4 Å². The summed E-state index contributed by atoms with van der Waals surface area (Å²) in [6.45, 7) is 12.7. The lowest BCUT2D eigenvalue weighted by molar-refractivity contribution is 0.0262. The quantitative estimate of drug-likeness (QED) is 0.774. The predicted molar refractivity (Wildman–Crippen MR) is 69.5 cm³/mol. The fourth-order valence-electron chi connectivity index (χ4n) is 2.89. The molecule has 2 heteroatoms. The van der Waals surface area contributed by atoms with Crippen LogP contribution in [0.4, 0.5) is 0 Å². The summed E-state index contributed by atoms with van der Waals surface area (Å²) >= 11 is 0. The summed E-state index contributed by atoms with van der Waals surface area (Å²) < 4.78 is 0. The van der Waals surface area contributed by atoms with Gasteiger partial charge in [-0.1, -0.05) is 34.6 Å². The molecule has 0 saturated heterocycles. The van der Waals surface area contributed by atoms with Gasteiger partial charge in [0.2, 0.25) is 0 Å². The van der Waals surface area contributed by atoms with Crippen molar-refractivity contribution in [1.29, 1.82) is 0 Å². The summed E-state index contributed by atoms with van der Waals surface area (Å²) in [5.41, 5.74) is 0.414. The monoisotopic (exact) mass is 227 g/mol. The molecule has 2 unspecified atom stereocenters. The molecule has 1 saturated carbocycles. The van der Waals surface area contributed by atoms with E-state index in [2.05, 4.69) is 39.9 Å². The Kier molecular flexibility index (Phi) is 4.42. The van der Waals surface area contributed by atoms with Crippen molar-refractivity contribution in [3.8, 4) is 0 Å². The summed E-state index contributed by atoms with van der Waals surface area (Å²) in [7, 11) is 0. The van der Waals surface area contributed by atoms with Crippen LogP contribution >= 0.6 is 0 Å². The maximum absolute atomic E-state index is 9.73. The van der Waals surface area contributed by atoms with E-state index in [9.17, 15) is 5.11 Å². The second-order valence-electron chi connectivity index (χ2n) is 6.86. The molecule has 0 heterocycles. The minimum atomic E-state index is -0.0280. The van der Waals surface area contributed by atoms with Gasteiger partial charge in [-0.2, -0.15) is 0 Å². The average Bonchev–Trinajstić information content (AvgIpc) is 2.16. The first-order valence-corrected chi connectivity index (χ1v) is 6.67. The molecular formula is C14H29NO. The SMILES string of the molecule is CC(C)CNC1(CO)CCC(C)(C)CC1C. The topological polar surface area (TPSA) is 32.3 Å². The van der Waals surface area contributed by atoms with Crippen LogP contribution in [0.15, 0.2) is 0 Å². The fraction of sp³-hybridized carbons (Fsp3) is 1.00. The molecule has 2 atom stereocenters. The molecule has 1 rings (SSSR count). The Morgan fingerprint density at radius 2 is 1.94 bits per heavy atom. The number of rotatable bonds is 4. The van der Waals surface area contributed by atoms with Crippen LogP contribution in [-0.4, -0.2) is 23.8 Å². The molecule has 2 N–H and O–H groups in total. The first kappa shape index (κ1) is 14.0. The van der Waals surface area contributed by atoms with Crippen LogP contribution < -0.4 is 5.32 Å². The van der Waals surface area contributed by atoms with Crippen LogP contribution in [0.1, 0.15) is 53.9 Å². The molecular weight excluding hydrogens is 198 g/mol. The van der Waals surface area contributed by atoms with Crippen molar-refractivity contribution in [2.45, 2.75) is 59.4 Å². The standard InChI is InChI=1S/C14H29NO/c1-11(2)9-15-14(10-16)7-6-13(4,5)8-12(14)3/h11-12,15-16H,6-10H2,1-5H3. The van der Waals surface area contributed by atoms with Crippen molar-refractivity contribution < 1.29 is 5.11 Å². The zero-order chi connectivity index (χ0) is 12.4. The van der Waals surface area contributed by atoms with Gasteiger partial charge in [-0.25, -0.2) is 0 Å². The van der Waals surface area contributed by atoms with E-state index < -0.39 is 0 Å². The molecule has 0 aliphatic heterocycles. The highest BCUT2D eigenvalue weighted by Crippen LogP contribution is 2.43. The predicted octanol–water partition coefficient (Wildman–Crippen LogP) is 2.81.